The molecule has 2 aliphatic rings. The van der Waals surface area contributed by atoms with Crippen molar-refractivity contribution in [2.75, 3.05) is 19.6 Å². The zero-order chi connectivity index (χ0) is 17.8. The molecule has 1 saturated heterocycles. The van der Waals surface area contributed by atoms with Gasteiger partial charge in [-0.1, -0.05) is 38.1 Å². The van der Waals surface area contributed by atoms with Crippen molar-refractivity contribution in [3.63, 3.8) is 0 Å². The summed E-state index contributed by atoms with van der Waals surface area (Å²) in [6, 6.07) is 8.40. The van der Waals surface area contributed by atoms with Crippen molar-refractivity contribution in [3.05, 3.63) is 35.4 Å². The Labute approximate surface area is 151 Å². The highest BCUT2D eigenvalue weighted by Crippen LogP contribution is 2.33. The highest BCUT2D eigenvalue weighted by Gasteiger charge is 2.32. The number of likely N-dealkylation sites (tertiary alicyclic amines) is 1. The minimum atomic E-state index is 0.0140. The molecular formula is C21H30N2O2. The lowest BCUT2D eigenvalue weighted by molar-refractivity contribution is -0.135. The number of rotatable bonds is 4. The highest BCUT2D eigenvalue weighted by molar-refractivity contribution is 5.84. The molecule has 25 heavy (non-hydrogen) atoms. The summed E-state index contributed by atoms with van der Waals surface area (Å²) in [5.74, 6) is 0.796. The molecule has 3 rings (SSSR count). The number of aryl methyl sites for hydroxylation is 1. The number of piperidine rings is 1. The van der Waals surface area contributed by atoms with E-state index in [1.165, 1.54) is 11.1 Å². The number of carbonyl (C=O) groups is 2. The van der Waals surface area contributed by atoms with Crippen molar-refractivity contribution < 1.29 is 9.59 Å². The normalized spacial score (nSPS) is 23.2. The Morgan fingerprint density at radius 2 is 2.00 bits per heavy atom. The van der Waals surface area contributed by atoms with Gasteiger partial charge in [0, 0.05) is 25.6 Å². The summed E-state index contributed by atoms with van der Waals surface area (Å²) in [6.07, 6.45) is 5.26. The third-order valence-corrected chi connectivity index (χ3v) is 5.59. The minimum absolute atomic E-state index is 0.0140. The second kappa shape index (κ2) is 8.03. The first kappa shape index (κ1) is 18.0. The number of nitrogens with one attached hydrogen (secondary N) is 1. The molecule has 2 atom stereocenters. The second-order valence-electron chi connectivity index (χ2n) is 7.84. The predicted octanol–water partition coefficient (Wildman–Crippen LogP) is 3.12. The van der Waals surface area contributed by atoms with Gasteiger partial charge in [0.25, 0.3) is 0 Å². The zero-order valence-electron chi connectivity index (χ0n) is 15.5. The van der Waals surface area contributed by atoms with Crippen molar-refractivity contribution in [2.24, 2.45) is 11.8 Å². The van der Waals surface area contributed by atoms with Crippen LogP contribution in [0.5, 0.6) is 0 Å². The van der Waals surface area contributed by atoms with Crippen LogP contribution < -0.4 is 5.32 Å². The van der Waals surface area contributed by atoms with Gasteiger partial charge in [0.1, 0.15) is 0 Å². The van der Waals surface area contributed by atoms with E-state index in [2.05, 4.69) is 23.5 Å². The Morgan fingerprint density at radius 3 is 2.80 bits per heavy atom. The van der Waals surface area contributed by atoms with Gasteiger partial charge in [0.2, 0.25) is 11.8 Å². The van der Waals surface area contributed by atoms with E-state index in [1.807, 2.05) is 24.8 Å². The van der Waals surface area contributed by atoms with E-state index in [9.17, 15) is 9.59 Å². The number of carbonyl (C=O) groups excluding carboxylic acids is 2. The van der Waals surface area contributed by atoms with Gasteiger partial charge in [-0.2, -0.15) is 0 Å². The first-order chi connectivity index (χ1) is 12.1. The average molecular weight is 342 g/mol. The van der Waals surface area contributed by atoms with Gasteiger partial charge in [-0.25, -0.2) is 0 Å². The summed E-state index contributed by atoms with van der Waals surface area (Å²) in [5, 5.41) is 3.03. The summed E-state index contributed by atoms with van der Waals surface area (Å²) in [7, 11) is 0. The first-order valence-electron chi connectivity index (χ1n) is 9.70. The monoisotopic (exact) mass is 342 g/mol. The molecule has 1 aliphatic heterocycles. The van der Waals surface area contributed by atoms with Crippen LogP contribution in [0, 0.1) is 11.8 Å². The van der Waals surface area contributed by atoms with E-state index in [-0.39, 0.29) is 23.7 Å². The highest BCUT2D eigenvalue weighted by atomic mass is 16.2. The number of amides is 2. The Balaban J connectivity index is 1.62. The van der Waals surface area contributed by atoms with Crippen molar-refractivity contribution in [1.82, 2.24) is 10.2 Å². The third kappa shape index (κ3) is 4.23. The molecule has 0 bridgehead atoms. The molecule has 0 spiro atoms. The fraction of sp³-hybridized carbons (Fsp3) is 0.619. The fourth-order valence-electron chi connectivity index (χ4n) is 4.11. The van der Waals surface area contributed by atoms with E-state index in [4.69, 9.17) is 0 Å². The summed E-state index contributed by atoms with van der Waals surface area (Å²) in [6.45, 7) is 6.13. The molecule has 1 N–H and O–H groups in total. The molecule has 0 saturated carbocycles. The van der Waals surface area contributed by atoms with Crippen LogP contribution in [0.3, 0.4) is 0 Å². The van der Waals surface area contributed by atoms with Crippen molar-refractivity contribution >= 4 is 11.8 Å². The summed E-state index contributed by atoms with van der Waals surface area (Å²) < 4.78 is 0. The van der Waals surface area contributed by atoms with Gasteiger partial charge in [-0.3, -0.25) is 9.59 Å². The quantitative estimate of drug-likeness (QED) is 0.914. The third-order valence-electron chi connectivity index (χ3n) is 5.59. The standard InChI is InChI=1S/C21H30N2O2/c1-15(2)20(24)22-13-16-7-6-12-23(14-16)21(25)19-11-5-9-17-8-3-4-10-18(17)19/h3-4,8,10,15-16,19H,5-7,9,11-14H2,1-2H3,(H,22,24)/t16-,19-/m0/s1. The van der Waals surface area contributed by atoms with Gasteiger partial charge in [-0.05, 0) is 49.1 Å². The molecule has 2 amide bonds. The van der Waals surface area contributed by atoms with Crippen molar-refractivity contribution in [1.29, 1.82) is 0 Å². The van der Waals surface area contributed by atoms with Crippen LogP contribution in [-0.2, 0) is 16.0 Å². The van der Waals surface area contributed by atoms with Crippen LogP contribution in [0.2, 0.25) is 0 Å². The molecule has 136 valence electrons. The van der Waals surface area contributed by atoms with Crippen molar-refractivity contribution in [2.45, 2.75) is 51.9 Å². The molecule has 4 heteroatoms. The zero-order valence-corrected chi connectivity index (χ0v) is 15.5. The average Bonchev–Trinajstić information content (AvgIpc) is 2.65. The molecule has 0 unspecified atom stereocenters. The SMILES string of the molecule is CC(C)C(=O)NC[C@@H]1CCCN(C(=O)[C@H]2CCCc3ccccc32)C1. The molecule has 0 radical (unpaired) electrons. The smallest absolute Gasteiger partial charge is 0.230 e. The van der Waals surface area contributed by atoms with Crippen molar-refractivity contribution in [3.8, 4) is 0 Å². The number of hydrogen-bond acceptors (Lipinski definition) is 2. The van der Waals surface area contributed by atoms with Crippen LogP contribution >= 0.6 is 0 Å². The Hall–Kier alpha value is -1.84. The number of fused-ring (bicyclic) bond motifs is 1. The molecule has 1 aromatic carbocycles. The van der Waals surface area contributed by atoms with Gasteiger partial charge >= 0.3 is 0 Å². The summed E-state index contributed by atoms with van der Waals surface area (Å²) in [4.78, 5) is 27.0. The Kier molecular flexibility index (Phi) is 5.77. The van der Waals surface area contributed by atoms with E-state index < -0.39 is 0 Å². The van der Waals surface area contributed by atoms with E-state index in [1.54, 1.807) is 0 Å². The maximum absolute atomic E-state index is 13.1. The number of hydrogen-bond donors (Lipinski definition) is 1. The van der Waals surface area contributed by atoms with Crippen LogP contribution in [0.25, 0.3) is 0 Å². The molecule has 0 aromatic heterocycles. The van der Waals surface area contributed by atoms with E-state index in [0.29, 0.717) is 12.5 Å². The number of nitrogens with zero attached hydrogens (tertiary/aromatic N) is 1. The predicted molar refractivity (Wildman–Crippen MR) is 99.3 cm³/mol. The largest absolute Gasteiger partial charge is 0.356 e. The summed E-state index contributed by atoms with van der Waals surface area (Å²) in [5.41, 5.74) is 2.57. The second-order valence-corrected chi connectivity index (χ2v) is 7.84. The molecule has 1 aliphatic carbocycles. The Bertz CT molecular complexity index is 626. The van der Waals surface area contributed by atoms with Gasteiger partial charge in [0.05, 0.1) is 5.92 Å². The maximum Gasteiger partial charge on any atom is 0.230 e. The number of benzene rings is 1. The lowest BCUT2D eigenvalue weighted by atomic mass is 9.81. The summed E-state index contributed by atoms with van der Waals surface area (Å²) >= 11 is 0. The van der Waals surface area contributed by atoms with Gasteiger partial charge in [-0.15, -0.1) is 0 Å². The molecule has 1 aromatic rings. The topological polar surface area (TPSA) is 49.4 Å². The fourth-order valence-corrected chi connectivity index (χ4v) is 4.11. The van der Waals surface area contributed by atoms with Crippen LogP contribution in [0.1, 0.15) is 56.6 Å². The van der Waals surface area contributed by atoms with E-state index in [0.717, 1.165) is 45.2 Å². The first-order valence-corrected chi connectivity index (χ1v) is 9.70. The molecule has 1 fully saturated rings. The van der Waals surface area contributed by atoms with Gasteiger partial charge < -0.3 is 10.2 Å². The lowest BCUT2D eigenvalue weighted by Gasteiger charge is -2.36. The molecular weight excluding hydrogens is 312 g/mol. The van der Waals surface area contributed by atoms with Crippen LogP contribution in [-0.4, -0.2) is 36.3 Å². The minimum Gasteiger partial charge on any atom is -0.356 e. The van der Waals surface area contributed by atoms with E-state index >= 15 is 0 Å². The van der Waals surface area contributed by atoms with Gasteiger partial charge in [0.15, 0.2) is 0 Å². The lowest BCUT2D eigenvalue weighted by Crippen LogP contribution is -2.46. The maximum atomic E-state index is 13.1. The molecule has 4 nitrogen and oxygen atoms in total. The van der Waals surface area contributed by atoms with Crippen LogP contribution in [0.4, 0.5) is 0 Å². The molecule has 1 heterocycles. The Morgan fingerprint density at radius 1 is 1.20 bits per heavy atom. The van der Waals surface area contributed by atoms with Crippen LogP contribution in [0.15, 0.2) is 24.3 Å².